The van der Waals surface area contributed by atoms with Gasteiger partial charge in [0.1, 0.15) is 5.82 Å². The number of hydrogen-bond donors (Lipinski definition) is 1. The number of pyridine rings is 1. The van der Waals surface area contributed by atoms with Crippen LogP contribution < -0.4 is 10.2 Å². The van der Waals surface area contributed by atoms with Gasteiger partial charge in [-0.05, 0) is 52.3 Å². The molecule has 1 aromatic rings. The predicted octanol–water partition coefficient (Wildman–Crippen LogP) is 3.37. The van der Waals surface area contributed by atoms with E-state index in [0.29, 0.717) is 6.04 Å². The summed E-state index contributed by atoms with van der Waals surface area (Å²) in [5.41, 5.74) is 1.39. The van der Waals surface area contributed by atoms with Crippen LogP contribution in [-0.2, 0) is 6.54 Å². The van der Waals surface area contributed by atoms with Gasteiger partial charge in [-0.2, -0.15) is 0 Å². The lowest BCUT2D eigenvalue weighted by Crippen LogP contribution is -2.35. The third-order valence-electron chi connectivity index (χ3n) is 2.88. The van der Waals surface area contributed by atoms with E-state index in [1.807, 2.05) is 12.3 Å². The van der Waals surface area contributed by atoms with Gasteiger partial charge in [0, 0.05) is 30.9 Å². The molecule has 0 amide bonds. The second-order valence-corrected chi connectivity index (χ2v) is 6.16. The molecule has 3 heteroatoms. The van der Waals surface area contributed by atoms with Crippen LogP contribution in [0.4, 0.5) is 5.82 Å². The van der Waals surface area contributed by atoms with Crippen molar-refractivity contribution in [1.82, 2.24) is 10.3 Å². The largest absolute Gasteiger partial charge is 0.350 e. The van der Waals surface area contributed by atoms with Crippen LogP contribution in [-0.4, -0.2) is 23.1 Å². The average Bonchev–Trinajstić information content (AvgIpc) is 2.32. The summed E-state index contributed by atoms with van der Waals surface area (Å²) < 4.78 is 0. The fraction of sp³-hybridized carbons (Fsp3) is 0.562. The van der Waals surface area contributed by atoms with E-state index in [-0.39, 0.29) is 5.54 Å². The number of anilines is 1. The van der Waals surface area contributed by atoms with Gasteiger partial charge in [-0.25, -0.2) is 4.98 Å². The maximum atomic E-state index is 4.47. The highest BCUT2D eigenvalue weighted by molar-refractivity contribution is 5.42. The minimum Gasteiger partial charge on any atom is -0.350 e. The molecular weight excluding hydrogens is 234 g/mol. The first-order valence-corrected chi connectivity index (χ1v) is 6.91. The van der Waals surface area contributed by atoms with E-state index in [2.05, 4.69) is 68.5 Å². The molecule has 0 aliphatic carbocycles. The van der Waals surface area contributed by atoms with E-state index in [9.17, 15) is 0 Å². The van der Waals surface area contributed by atoms with Gasteiger partial charge in [-0.1, -0.05) is 6.08 Å². The van der Waals surface area contributed by atoms with E-state index in [1.165, 1.54) is 5.56 Å². The molecule has 1 rings (SSSR count). The van der Waals surface area contributed by atoms with Gasteiger partial charge >= 0.3 is 0 Å². The van der Waals surface area contributed by atoms with E-state index < -0.39 is 0 Å². The van der Waals surface area contributed by atoms with Crippen molar-refractivity contribution in [2.24, 2.45) is 0 Å². The molecule has 19 heavy (non-hydrogen) atoms. The van der Waals surface area contributed by atoms with Crippen molar-refractivity contribution in [2.45, 2.75) is 52.7 Å². The molecular formula is C16H27N3. The van der Waals surface area contributed by atoms with Crippen LogP contribution in [0.1, 0.15) is 40.2 Å². The predicted molar refractivity (Wildman–Crippen MR) is 83.5 cm³/mol. The van der Waals surface area contributed by atoms with Gasteiger partial charge in [-0.15, -0.1) is 6.58 Å². The maximum Gasteiger partial charge on any atom is 0.129 e. The zero-order chi connectivity index (χ0) is 14.5. The lowest BCUT2D eigenvalue weighted by molar-refractivity contribution is 0.424. The van der Waals surface area contributed by atoms with Crippen LogP contribution >= 0.6 is 0 Å². The molecule has 1 heterocycles. The summed E-state index contributed by atoms with van der Waals surface area (Å²) in [6.07, 6.45) is 3.80. The van der Waals surface area contributed by atoms with Crippen LogP contribution in [0.25, 0.3) is 0 Å². The van der Waals surface area contributed by atoms with Gasteiger partial charge in [0.05, 0.1) is 0 Å². The second kappa shape index (κ2) is 6.71. The molecule has 1 N–H and O–H groups in total. The number of nitrogens with one attached hydrogen (secondary N) is 1. The number of aromatic nitrogens is 1. The minimum atomic E-state index is 0.127. The Morgan fingerprint density at radius 2 is 2.11 bits per heavy atom. The summed E-state index contributed by atoms with van der Waals surface area (Å²) in [7, 11) is 0. The molecule has 0 saturated carbocycles. The summed E-state index contributed by atoms with van der Waals surface area (Å²) in [4.78, 5) is 6.72. The molecule has 0 fully saturated rings. The monoisotopic (exact) mass is 261 g/mol. The van der Waals surface area contributed by atoms with Gasteiger partial charge in [0.15, 0.2) is 0 Å². The van der Waals surface area contributed by atoms with Crippen LogP contribution in [0.5, 0.6) is 0 Å². The molecule has 3 nitrogen and oxygen atoms in total. The third kappa shape index (κ3) is 5.43. The maximum absolute atomic E-state index is 4.47. The Labute approximate surface area is 117 Å². The molecule has 0 radical (unpaired) electrons. The lowest BCUT2D eigenvalue weighted by Gasteiger charge is -2.27. The van der Waals surface area contributed by atoms with E-state index in [0.717, 1.165) is 18.9 Å². The van der Waals surface area contributed by atoms with Crippen molar-refractivity contribution in [3.8, 4) is 0 Å². The van der Waals surface area contributed by atoms with E-state index in [1.54, 1.807) is 0 Å². The third-order valence-corrected chi connectivity index (χ3v) is 2.88. The zero-order valence-electron chi connectivity index (χ0n) is 12.9. The van der Waals surface area contributed by atoms with Gasteiger partial charge < -0.3 is 10.2 Å². The Hall–Kier alpha value is -1.35. The Morgan fingerprint density at radius 1 is 1.42 bits per heavy atom. The van der Waals surface area contributed by atoms with Crippen molar-refractivity contribution in [3.05, 3.63) is 36.5 Å². The van der Waals surface area contributed by atoms with Crippen molar-refractivity contribution in [2.75, 3.05) is 11.4 Å². The molecule has 0 unspecified atom stereocenters. The number of rotatable bonds is 6. The van der Waals surface area contributed by atoms with E-state index >= 15 is 0 Å². The standard InChI is InChI=1S/C16H27N3/c1-7-10-19(13(2)3)15-11-14(8-9-17-15)12-18-16(4,5)6/h7-9,11,13,18H,1,10,12H2,2-6H3. The summed E-state index contributed by atoms with van der Waals surface area (Å²) in [5, 5.41) is 3.50. The van der Waals surface area contributed by atoms with Crippen LogP contribution in [0.15, 0.2) is 31.0 Å². The first-order chi connectivity index (χ1) is 8.83. The molecule has 1 aromatic heterocycles. The number of hydrogen-bond acceptors (Lipinski definition) is 3. The highest BCUT2D eigenvalue weighted by atomic mass is 15.2. The van der Waals surface area contributed by atoms with Crippen LogP contribution in [0, 0.1) is 0 Å². The molecule has 0 atom stereocenters. The van der Waals surface area contributed by atoms with Crippen molar-refractivity contribution < 1.29 is 0 Å². The smallest absolute Gasteiger partial charge is 0.129 e. The molecule has 0 aliphatic rings. The minimum absolute atomic E-state index is 0.127. The van der Waals surface area contributed by atoms with Crippen LogP contribution in [0.2, 0.25) is 0 Å². The van der Waals surface area contributed by atoms with Crippen molar-refractivity contribution >= 4 is 5.82 Å². The zero-order valence-corrected chi connectivity index (χ0v) is 12.9. The summed E-state index contributed by atoms with van der Waals surface area (Å²) >= 11 is 0. The first kappa shape index (κ1) is 15.7. The first-order valence-electron chi connectivity index (χ1n) is 6.91. The normalized spacial score (nSPS) is 11.7. The number of nitrogens with zero attached hydrogens (tertiary/aromatic N) is 2. The van der Waals surface area contributed by atoms with Crippen molar-refractivity contribution in [1.29, 1.82) is 0 Å². The molecule has 0 saturated heterocycles. The SMILES string of the molecule is C=CCN(c1cc(CNC(C)(C)C)ccn1)C(C)C. The lowest BCUT2D eigenvalue weighted by atomic mass is 10.1. The Balaban J connectivity index is 2.83. The fourth-order valence-corrected chi connectivity index (χ4v) is 1.80. The molecule has 106 valence electrons. The Kier molecular flexibility index (Phi) is 5.55. The topological polar surface area (TPSA) is 28.2 Å². The molecule has 0 aromatic carbocycles. The van der Waals surface area contributed by atoms with Gasteiger partial charge in [-0.3, -0.25) is 0 Å². The highest BCUT2D eigenvalue weighted by Crippen LogP contribution is 2.16. The van der Waals surface area contributed by atoms with Crippen LogP contribution in [0.3, 0.4) is 0 Å². The summed E-state index contributed by atoms with van der Waals surface area (Å²) in [5.74, 6) is 1.02. The Morgan fingerprint density at radius 3 is 2.63 bits per heavy atom. The Bertz CT molecular complexity index is 405. The van der Waals surface area contributed by atoms with Gasteiger partial charge in [0.25, 0.3) is 0 Å². The van der Waals surface area contributed by atoms with Gasteiger partial charge in [0.2, 0.25) is 0 Å². The molecule has 0 spiro atoms. The molecule has 0 aliphatic heterocycles. The highest BCUT2D eigenvalue weighted by Gasteiger charge is 2.12. The van der Waals surface area contributed by atoms with Crippen molar-refractivity contribution in [3.63, 3.8) is 0 Å². The van der Waals surface area contributed by atoms with E-state index in [4.69, 9.17) is 0 Å². The summed E-state index contributed by atoms with van der Waals surface area (Å²) in [6, 6.07) is 4.63. The summed E-state index contributed by atoms with van der Waals surface area (Å²) in [6.45, 7) is 16.4. The second-order valence-electron chi connectivity index (χ2n) is 6.16. The quantitative estimate of drug-likeness (QED) is 0.796. The molecule has 0 bridgehead atoms. The average molecular weight is 261 g/mol. The fourth-order valence-electron chi connectivity index (χ4n) is 1.80.